The molecule has 0 N–H and O–H groups in total. The lowest BCUT2D eigenvalue weighted by atomic mass is 9.78. The van der Waals surface area contributed by atoms with Gasteiger partial charge in [0.2, 0.25) is 0 Å². The third kappa shape index (κ3) is 3.06. The Morgan fingerprint density at radius 2 is 1.93 bits per heavy atom. The molecule has 3 heterocycles. The maximum Gasteiger partial charge on any atom is 0.257 e. The highest BCUT2D eigenvalue weighted by atomic mass is 32.2. The summed E-state index contributed by atoms with van der Waals surface area (Å²) in [7, 11) is -3.36. The summed E-state index contributed by atoms with van der Waals surface area (Å²) >= 11 is 1.35. The van der Waals surface area contributed by atoms with Crippen molar-refractivity contribution in [1.82, 2.24) is 4.90 Å². The zero-order chi connectivity index (χ0) is 18.6. The normalized spacial score (nSPS) is 28.8. The van der Waals surface area contributed by atoms with Crippen molar-refractivity contribution in [1.29, 1.82) is 0 Å². The fourth-order valence-corrected chi connectivity index (χ4v) is 7.20. The molecule has 0 bridgehead atoms. The monoisotopic (exact) mass is 405 g/mol. The van der Waals surface area contributed by atoms with E-state index in [1.807, 2.05) is 23.1 Å². The quantitative estimate of drug-likeness (QED) is 0.718. The molecule has 1 amide bonds. The fourth-order valence-electron chi connectivity index (χ4n) is 4.91. The highest BCUT2D eigenvalue weighted by Gasteiger charge is 2.37. The van der Waals surface area contributed by atoms with Gasteiger partial charge in [-0.15, -0.1) is 4.40 Å². The first kappa shape index (κ1) is 17.6. The minimum Gasteiger partial charge on any atom is -0.335 e. The topological polar surface area (TPSA) is 70.0 Å². The van der Waals surface area contributed by atoms with Gasteiger partial charge in [-0.1, -0.05) is 12.8 Å². The van der Waals surface area contributed by atoms with Crippen LogP contribution in [0, 0.1) is 5.92 Å². The van der Waals surface area contributed by atoms with E-state index in [0.717, 1.165) is 30.0 Å². The van der Waals surface area contributed by atoms with Crippen molar-refractivity contribution in [3.05, 3.63) is 23.8 Å². The molecule has 8 heteroatoms. The molecule has 0 unspecified atom stereocenters. The highest BCUT2D eigenvalue weighted by Crippen LogP contribution is 2.43. The molecule has 5 rings (SSSR count). The van der Waals surface area contributed by atoms with Crippen LogP contribution in [-0.4, -0.2) is 49.3 Å². The number of likely N-dealkylation sites (tertiary alicyclic amines) is 1. The van der Waals surface area contributed by atoms with Crippen molar-refractivity contribution < 1.29 is 13.2 Å². The van der Waals surface area contributed by atoms with Crippen LogP contribution in [0.5, 0.6) is 0 Å². The smallest absolute Gasteiger partial charge is 0.257 e. The summed E-state index contributed by atoms with van der Waals surface area (Å²) in [6.07, 6.45) is 7.22. The maximum atomic E-state index is 13.2. The van der Waals surface area contributed by atoms with E-state index in [4.69, 9.17) is 0 Å². The van der Waals surface area contributed by atoms with E-state index in [-0.39, 0.29) is 11.7 Å². The predicted octanol–water partition coefficient (Wildman–Crippen LogP) is 3.09. The lowest BCUT2D eigenvalue weighted by Crippen LogP contribution is -2.49. The molecule has 2 fully saturated rings. The molecule has 2 atom stereocenters. The van der Waals surface area contributed by atoms with E-state index in [1.165, 1.54) is 37.4 Å². The average molecular weight is 406 g/mol. The molecule has 144 valence electrons. The highest BCUT2D eigenvalue weighted by molar-refractivity contribution is 8.15. The van der Waals surface area contributed by atoms with E-state index in [1.54, 1.807) is 0 Å². The standard InChI is InChI=1S/C19H23N3O3S2/c23-18(21-9-3-5-13-4-1-2-6-15(13)21)14-7-8-16-17(12-14)26-19-20-27(24,25)11-10-22(16)19/h7-8,12-13,15H,1-6,9-11H2/t13-,15-/m1/s1. The zero-order valence-electron chi connectivity index (χ0n) is 15.1. The summed E-state index contributed by atoms with van der Waals surface area (Å²) in [5.74, 6) is 0.817. The Labute approximate surface area is 164 Å². The summed E-state index contributed by atoms with van der Waals surface area (Å²) in [4.78, 5) is 18.2. The Hall–Kier alpha value is -1.54. The molecule has 1 aromatic carbocycles. The molecule has 0 spiro atoms. The van der Waals surface area contributed by atoms with E-state index < -0.39 is 10.0 Å². The van der Waals surface area contributed by atoms with Crippen LogP contribution in [0.15, 0.2) is 27.5 Å². The number of hydrogen-bond acceptors (Lipinski definition) is 5. The second-order valence-corrected chi connectivity index (χ2v) is 10.6. The van der Waals surface area contributed by atoms with E-state index in [9.17, 15) is 13.2 Å². The summed E-state index contributed by atoms with van der Waals surface area (Å²) in [5, 5.41) is 0.506. The zero-order valence-corrected chi connectivity index (χ0v) is 16.8. The second kappa shape index (κ2) is 6.51. The largest absolute Gasteiger partial charge is 0.335 e. The van der Waals surface area contributed by atoms with Gasteiger partial charge in [0.05, 0.1) is 11.4 Å². The minimum absolute atomic E-state index is 0.0357. The molecule has 0 aromatic heterocycles. The van der Waals surface area contributed by atoms with Crippen molar-refractivity contribution in [2.24, 2.45) is 10.3 Å². The SMILES string of the molecule is O=C(c1ccc2c(c1)SC1=NS(=O)(=O)CCN12)N1CCC[C@H]2CCCC[C@H]21. The van der Waals surface area contributed by atoms with Crippen LogP contribution in [-0.2, 0) is 10.0 Å². The molecule has 1 aromatic rings. The third-order valence-corrected chi connectivity index (χ3v) is 8.53. The van der Waals surface area contributed by atoms with Crippen LogP contribution in [0.2, 0.25) is 0 Å². The van der Waals surface area contributed by atoms with Gasteiger partial charge < -0.3 is 9.80 Å². The molecule has 27 heavy (non-hydrogen) atoms. The number of carbonyl (C=O) groups excluding carboxylic acids is 1. The van der Waals surface area contributed by atoms with Gasteiger partial charge >= 0.3 is 0 Å². The van der Waals surface area contributed by atoms with Gasteiger partial charge in [0.25, 0.3) is 15.9 Å². The van der Waals surface area contributed by atoms with Crippen LogP contribution < -0.4 is 4.90 Å². The fraction of sp³-hybridized carbons (Fsp3) is 0.579. The summed E-state index contributed by atoms with van der Waals surface area (Å²) in [6, 6.07) is 6.14. The average Bonchev–Trinajstić information content (AvgIpc) is 3.02. The van der Waals surface area contributed by atoms with Crippen LogP contribution in [0.3, 0.4) is 0 Å². The lowest BCUT2D eigenvalue weighted by molar-refractivity contribution is 0.0390. The van der Waals surface area contributed by atoms with Crippen LogP contribution in [0.1, 0.15) is 48.9 Å². The van der Waals surface area contributed by atoms with Crippen LogP contribution >= 0.6 is 11.8 Å². The minimum atomic E-state index is -3.36. The first-order valence-electron chi connectivity index (χ1n) is 9.75. The third-order valence-electron chi connectivity index (χ3n) is 6.22. The van der Waals surface area contributed by atoms with Gasteiger partial charge in [-0.25, -0.2) is 8.42 Å². The molecule has 3 aliphatic heterocycles. The number of anilines is 1. The maximum absolute atomic E-state index is 13.2. The summed E-state index contributed by atoms with van der Waals surface area (Å²) < 4.78 is 27.4. The number of amidine groups is 1. The number of fused-ring (bicyclic) bond motifs is 4. The lowest BCUT2D eigenvalue weighted by Gasteiger charge is -2.44. The Balaban J connectivity index is 1.42. The Kier molecular flexibility index (Phi) is 4.23. The predicted molar refractivity (Wildman–Crippen MR) is 107 cm³/mol. The molecular weight excluding hydrogens is 382 g/mol. The number of piperidine rings is 1. The van der Waals surface area contributed by atoms with Crippen molar-refractivity contribution in [2.45, 2.75) is 49.5 Å². The van der Waals surface area contributed by atoms with Crippen molar-refractivity contribution >= 4 is 38.5 Å². The van der Waals surface area contributed by atoms with Gasteiger partial charge in [0, 0.05) is 29.6 Å². The number of amides is 1. The summed E-state index contributed by atoms with van der Waals surface area (Å²) in [5.41, 5.74) is 1.66. The van der Waals surface area contributed by atoms with Crippen molar-refractivity contribution in [3.63, 3.8) is 0 Å². The number of nitrogens with zero attached hydrogens (tertiary/aromatic N) is 3. The van der Waals surface area contributed by atoms with Crippen LogP contribution in [0.25, 0.3) is 0 Å². The van der Waals surface area contributed by atoms with Crippen molar-refractivity contribution in [2.75, 3.05) is 23.7 Å². The van der Waals surface area contributed by atoms with Gasteiger partial charge in [-0.2, -0.15) is 0 Å². The molecule has 0 radical (unpaired) electrons. The molecule has 4 aliphatic rings. The number of hydrogen-bond donors (Lipinski definition) is 0. The molecule has 1 saturated heterocycles. The van der Waals surface area contributed by atoms with E-state index >= 15 is 0 Å². The summed E-state index contributed by atoms with van der Waals surface area (Å²) in [6.45, 7) is 1.27. The van der Waals surface area contributed by atoms with Gasteiger partial charge in [-0.3, -0.25) is 4.79 Å². The van der Waals surface area contributed by atoms with Crippen LogP contribution in [0.4, 0.5) is 5.69 Å². The number of thioether (sulfide) groups is 1. The van der Waals surface area contributed by atoms with E-state index in [0.29, 0.717) is 29.2 Å². The van der Waals surface area contributed by atoms with E-state index in [2.05, 4.69) is 9.30 Å². The Morgan fingerprint density at radius 1 is 1.11 bits per heavy atom. The first-order chi connectivity index (χ1) is 13.0. The number of rotatable bonds is 1. The molecular formula is C19H23N3O3S2. The molecule has 6 nitrogen and oxygen atoms in total. The van der Waals surface area contributed by atoms with Gasteiger partial charge in [0.1, 0.15) is 0 Å². The van der Waals surface area contributed by atoms with Gasteiger partial charge in [0.15, 0.2) is 5.17 Å². The van der Waals surface area contributed by atoms with Gasteiger partial charge in [-0.05, 0) is 61.6 Å². The Morgan fingerprint density at radius 3 is 2.81 bits per heavy atom. The van der Waals surface area contributed by atoms with Crippen molar-refractivity contribution in [3.8, 4) is 0 Å². The Bertz CT molecular complexity index is 926. The second-order valence-electron chi connectivity index (χ2n) is 7.85. The number of sulfonamides is 1. The number of carbonyl (C=O) groups is 1. The molecule has 1 saturated carbocycles. The number of benzene rings is 1. The molecule has 1 aliphatic carbocycles. The first-order valence-corrected chi connectivity index (χ1v) is 12.2.